The topological polar surface area (TPSA) is 93.7 Å². The van der Waals surface area contributed by atoms with Gasteiger partial charge >= 0.3 is 5.97 Å². The van der Waals surface area contributed by atoms with Crippen molar-refractivity contribution in [1.29, 1.82) is 0 Å². The van der Waals surface area contributed by atoms with Gasteiger partial charge in [-0.3, -0.25) is 14.4 Å². The van der Waals surface area contributed by atoms with Crippen molar-refractivity contribution in [3.8, 4) is 11.5 Å². The molecule has 3 aromatic rings. The third kappa shape index (κ3) is 6.93. The highest BCUT2D eigenvalue weighted by Crippen LogP contribution is 2.21. The van der Waals surface area contributed by atoms with E-state index in [1.165, 1.54) is 18.6 Å². The largest absolute Gasteiger partial charge is 0.481 e. The first-order chi connectivity index (χ1) is 16.2. The Morgan fingerprint density at radius 1 is 0.765 bits per heavy atom. The normalized spacial score (nSPS) is 11.4. The Labute approximate surface area is 199 Å². The van der Waals surface area contributed by atoms with Crippen LogP contribution in [0.5, 0.6) is 11.5 Å². The number of hydrogen-bond donors (Lipinski definition) is 2. The Morgan fingerprint density at radius 2 is 1.41 bits per heavy atom. The minimum Gasteiger partial charge on any atom is -0.481 e. The summed E-state index contributed by atoms with van der Waals surface area (Å²) in [5, 5.41) is 5.58. The maximum Gasteiger partial charge on any atom is 0.308 e. The minimum atomic E-state index is -0.716. The first-order valence-corrected chi connectivity index (χ1v) is 11.0. The molecule has 0 aliphatic carbocycles. The highest BCUT2D eigenvalue weighted by Gasteiger charge is 2.16. The highest BCUT2D eigenvalue weighted by molar-refractivity contribution is 6.05. The number of carbonyl (C=O) groups excluding carboxylic acids is 3. The summed E-state index contributed by atoms with van der Waals surface area (Å²) in [4.78, 5) is 36.3. The molecule has 1 unspecified atom stereocenters. The second-order valence-corrected chi connectivity index (χ2v) is 8.13. The van der Waals surface area contributed by atoms with Gasteiger partial charge in [-0.05, 0) is 66.9 Å². The first-order valence-electron chi connectivity index (χ1n) is 11.0. The van der Waals surface area contributed by atoms with Crippen LogP contribution in [-0.4, -0.2) is 23.9 Å². The quantitative estimate of drug-likeness (QED) is 0.347. The number of amides is 2. The molecule has 0 fully saturated rings. The molecule has 2 amide bonds. The number of nitrogens with one attached hydrogen (secondary N) is 2. The van der Waals surface area contributed by atoms with Crippen molar-refractivity contribution in [2.75, 3.05) is 10.6 Å². The molecule has 0 radical (unpaired) electrons. The predicted molar refractivity (Wildman–Crippen MR) is 131 cm³/mol. The van der Waals surface area contributed by atoms with E-state index in [0.717, 1.165) is 0 Å². The molecule has 7 heteroatoms. The fraction of sp³-hybridized carbons (Fsp3) is 0.222. The molecule has 0 bridgehead atoms. The van der Waals surface area contributed by atoms with Gasteiger partial charge in [-0.2, -0.15) is 0 Å². The van der Waals surface area contributed by atoms with Crippen LogP contribution < -0.4 is 20.1 Å². The number of rotatable bonds is 8. The van der Waals surface area contributed by atoms with E-state index in [1.807, 2.05) is 24.3 Å². The zero-order valence-electron chi connectivity index (χ0n) is 19.6. The maximum absolute atomic E-state index is 12.6. The Morgan fingerprint density at radius 3 is 2.06 bits per heavy atom. The molecule has 0 aliphatic rings. The summed E-state index contributed by atoms with van der Waals surface area (Å²) < 4.78 is 10.8. The van der Waals surface area contributed by atoms with Gasteiger partial charge in [-0.1, -0.05) is 38.1 Å². The number of benzene rings is 3. The van der Waals surface area contributed by atoms with E-state index in [1.54, 1.807) is 49.4 Å². The van der Waals surface area contributed by atoms with Crippen LogP contribution in [-0.2, 0) is 9.59 Å². The van der Waals surface area contributed by atoms with Crippen molar-refractivity contribution in [3.05, 3.63) is 83.9 Å². The van der Waals surface area contributed by atoms with Crippen LogP contribution in [0.4, 0.5) is 11.4 Å². The van der Waals surface area contributed by atoms with Gasteiger partial charge in [-0.15, -0.1) is 0 Å². The Bertz CT molecular complexity index is 1170. The summed E-state index contributed by atoms with van der Waals surface area (Å²) in [7, 11) is 0. The number of esters is 1. The van der Waals surface area contributed by atoms with E-state index >= 15 is 0 Å². The molecule has 7 nitrogen and oxygen atoms in total. The van der Waals surface area contributed by atoms with Crippen LogP contribution >= 0.6 is 0 Å². The van der Waals surface area contributed by atoms with E-state index < -0.39 is 12.1 Å². The molecule has 0 heterocycles. The summed E-state index contributed by atoms with van der Waals surface area (Å²) in [5.41, 5.74) is 2.54. The summed E-state index contributed by atoms with van der Waals surface area (Å²) >= 11 is 0. The fourth-order valence-electron chi connectivity index (χ4n) is 3.18. The Balaban J connectivity index is 1.60. The summed E-state index contributed by atoms with van der Waals surface area (Å²) in [6, 6.07) is 20.8. The zero-order valence-corrected chi connectivity index (χ0v) is 19.6. The Kier molecular flexibility index (Phi) is 8.03. The van der Waals surface area contributed by atoms with Gasteiger partial charge < -0.3 is 20.1 Å². The van der Waals surface area contributed by atoms with Gasteiger partial charge in [0.1, 0.15) is 11.5 Å². The molecule has 0 saturated heterocycles. The molecule has 34 heavy (non-hydrogen) atoms. The molecular formula is C27H28N2O5. The smallest absolute Gasteiger partial charge is 0.308 e. The molecular weight excluding hydrogens is 432 g/mol. The van der Waals surface area contributed by atoms with Crippen molar-refractivity contribution in [3.63, 3.8) is 0 Å². The number of hydrogen-bond acceptors (Lipinski definition) is 5. The lowest BCUT2D eigenvalue weighted by Gasteiger charge is -2.16. The van der Waals surface area contributed by atoms with Crippen LogP contribution in [0, 0.1) is 0 Å². The standard InChI is InChI=1S/C27H28N2O5/c1-17(2)20-11-13-24(14-12-20)33-18(3)26(31)28-22-8-6-9-23(16-22)29-27(32)21-7-5-10-25(15-21)34-19(4)30/h5-18H,1-4H3,(H,28,31)(H,29,32). The van der Waals surface area contributed by atoms with Crippen LogP contribution in [0.25, 0.3) is 0 Å². The molecule has 1 atom stereocenters. The SMILES string of the molecule is CC(=O)Oc1cccc(C(=O)Nc2cccc(NC(=O)C(C)Oc3ccc(C(C)C)cc3)c2)c1. The molecule has 0 aromatic heterocycles. The van der Waals surface area contributed by atoms with E-state index in [-0.39, 0.29) is 17.6 Å². The van der Waals surface area contributed by atoms with E-state index in [4.69, 9.17) is 9.47 Å². The van der Waals surface area contributed by atoms with E-state index in [9.17, 15) is 14.4 Å². The summed E-state index contributed by atoms with van der Waals surface area (Å²) in [5.74, 6) is 0.162. The minimum absolute atomic E-state index is 0.286. The van der Waals surface area contributed by atoms with Crippen LogP contribution in [0.2, 0.25) is 0 Å². The molecule has 3 aromatic carbocycles. The monoisotopic (exact) mass is 460 g/mol. The van der Waals surface area contributed by atoms with Crippen molar-refractivity contribution in [2.45, 2.75) is 39.7 Å². The van der Waals surface area contributed by atoms with Crippen LogP contribution in [0.1, 0.15) is 49.5 Å². The molecule has 176 valence electrons. The third-order valence-electron chi connectivity index (χ3n) is 4.97. The van der Waals surface area contributed by atoms with E-state index in [2.05, 4.69) is 24.5 Å². The zero-order chi connectivity index (χ0) is 24.7. The predicted octanol–water partition coefficient (Wildman–Crippen LogP) is 5.39. The molecule has 0 spiro atoms. The maximum atomic E-state index is 12.6. The Hall–Kier alpha value is -4.13. The number of anilines is 2. The number of carbonyl (C=O) groups is 3. The van der Waals surface area contributed by atoms with Gasteiger partial charge in [-0.25, -0.2) is 0 Å². The second-order valence-electron chi connectivity index (χ2n) is 8.13. The van der Waals surface area contributed by atoms with Crippen molar-refractivity contribution in [2.24, 2.45) is 0 Å². The van der Waals surface area contributed by atoms with Gasteiger partial charge in [0.05, 0.1) is 0 Å². The van der Waals surface area contributed by atoms with Gasteiger partial charge in [0.2, 0.25) is 0 Å². The van der Waals surface area contributed by atoms with Gasteiger partial charge in [0.15, 0.2) is 6.10 Å². The van der Waals surface area contributed by atoms with E-state index in [0.29, 0.717) is 28.6 Å². The van der Waals surface area contributed by atoms with Crippen molar-refractivity contribution < 1.29 is 23.9 Å². The fourth-order valence-corrected chi connectivity index (χ4v) is 3.18. The van der Waals surface area contributed by atoms with Gasteiger partial charge in [0.25, 0.3) is 11.8 Å². The lowest BCUT2D eigenvalue weighted by molar-refractivity contribution is -0.131. The average Bonchev–Trinajstić information content (AvgIpc) is 2.79. The van der Waals surface area contributed by atoms with Crippen molar-refractivity contribution in [1.82, 2.24) is 0 Å². The van der Waals surface area contributed by atoms with Gasteiger partial charge in [0, 0.05) is 23.9 Å². The highest BCUT2D eigenvalue weighted by atomic mass is 16.5. The molecule has 3 rings (SSSR count). The molecule has 0 saturated carbocycles. The molecule has 0 aliphatic heterocycles. The summed E-state index contributed by atoms with van der Waals surface area (Å²) in [6.07, 6.45) is -0.716. The third-order valence-corrected chi connectivity index (χ3v) is 4.97. The van der Waals surface area contributed by atoms with Crippen LogP contribution in [0.15, 0.2) is 72.8 Å². The average molecular weight is 461 g/mol. The number of ether oxygens (including phenoxy) is 2. The van der Waals surface area contributed by atoms with Crippen LogP contribution in [0.3, 0.4) is 0 Å². The van der Waals surface area contributed by atoms with Crippen molar-refractivity contribution >= 4 is 29.2 Å². The lowest BCUT2D eigenvalue weighted by atomic mass is 10.0. The second kappa shape index (κ2) is 11.1. The first kappa shape index (κ1) is 24.5. The lowest BCUT2D eigenvalue weighted by Crippen LogP contribution is -2.30. The molecule has 2 N–H and O–H groups in total. The summed E-state index contributed by atoms with van der Waals surface area (Å²) in [6.45, 7) is 7.19.